The number of carbonyl (C=O) groups excluding carboxylic acids is 1. The van der Waals surface area contributed by atoms with Gasteiger partial charge in [0, 0.05) is 12.5 Å². The summed E-state index contributed by atoms with van der Waals surface area (Å²) in [7, 11) is 0. The van der Waals surface area contributed by atoms with Crippen molar-refractivity contribution in [1.82, 2.24) is 25.1 Å². The van der Waals surface area contributed by atoms with E-state index in [4.69, 9.17) is 0 Å². The van der Waals surface area contributed by atoms with Gasteiger partial charge >= 0.3 is 0 Å². The third-order valence-corrected chi connectivity index (χ3v) is 4.58. The number of hydrogen-bond acceptors (Lipinski definition) is 5. The second-order valence-corrected chi connectivity index (χ2v) is 6.56. The molecule has 1 fully saturated rings. The maximum Gasteiger partial charge on any atom is 0.282 e. The van der Waals surface area contributed by atoms with E-state index in [2.05, 4.69) is 26.7 Å². The zero-order chi connectivity index (χ0) is 15.1. The minimum Gasteiger partial charge on any atom is -0.346 e. The molecule has 7 heteroatoms. The Morgan fingerprint density at radius 1 is 1.41 bits per heavy atom. The van der Waals surface area contributed by atoms with Crippen LogP contribution >= 0.6 is 11.3 Å². The summed E-state index contributed by atoms with van der Waals surface area (Å²) in [6, 6.07) is 8.08. The number of nitrogens with one attached hydrogen (secondary N) is 1. The molecule has 2 heterocycles. The summed E-state index contributed by atoms with van der Waals surface area (Å²) >= 11 is 1.28. The van der Waals surface area contributed by atoms with E-state index in [1.807, 2.05) is 25.1 Å². The van der Waals surface area contributed by atoms with Crippen molar-refractivity contribution in [2.45, 2.75) is 32.2 Å². The number of amides is 1. The lowest BCUT2D eigenvalue weighted by Gasteiger charge is -2.03. The van der Waals surface area contributed by atoms with Gasteiger partial charge in [-0.2, -0.15) is 4.52 Å². The third-order valence-electron chi connectivity index (χ3n) is 3.69. The first kappa shape index (κ1) is 13.4. The summed E-state index contributed by atoms with van der Waals surface area (Å²) in [5.41, 5.74) is 2.26. The number of aryl methyl sites for hydroxylation is 1. The van der Waals surface area contributed by atoms with E-state index < -0.39 is 0 Å². The van der Waals surface area contributed by atoms with Crippen molar-refractivity contribution >= 4 is 22.2 Å². The third kappa shape index (κ3) is 2.48. The van der Waals surface area contributed by atoms with Crippen molar-refractivity contribution in [3.8, 4) is 0 Å². The molecule has 112 valence electrons. The predicted octanol–water partition coefficient (Wildman–Crippen LogP) is 2.30. The van der Waals surface area contributed by atoms with E-state index in [9.17, 15) is 4.79 Å². The van der Waals surface area contributed by atoms with E-state index in [1.165, 1.54) is 16.9 Å². The van der Waals surface area contributed by atoms with Crippen molar-refractivity contribution in [3.05, 3.63) is 46.2 Å². The molecule has 0 unspecified atom stereocenters. The van der Waals surface area contributed by atoms with Crippen molar-refractivity contribution in [3.63, 3.8) is 0 Å². The van der Waals surface area contributed by atoms with Gasteiger partial charge in [0.25, 0.3) is 5.91 Å². The summed E-state index contributed by atoms with van der Waals surface area (Å²) in [6.45, 7) is 2.53. The van der Waals surface area contributed by atoms with Crippen LogP contribution in [0.2, 0.25) is 0 Å². The lowest BCUT2D eigenvalue weighted by molar-refractivity contribution is 0.0949. The molecular formula is C15H15N5OS. The maximum absolute atomic E-state index is 12.2. The van der Waals surface area contributed by atoms with Crippen LogP contribution in [0.3, 0.4) is 0 Å². The summed E-state index contributed by atoms with van der Waals surface area (Å²) in [5, 5.41) is 15.9. The normalized spacial score (nSPS) is 14.4. The molecular weight excluding hydrogens is 298 g/mol. The summed E-state index contributed by atoms with van der Waals surface area (Å²) < 4.78 is 1.71. The van der Waals surface area contributed by atoms with Crippen molar-refractivity contribution in [2.24, 2.45) is 0 Å². The average Bonchev–Trinajstić information content (AvgIpc) is 3.13. The van der Waals surface area contributed by atoms with Crippen LogP contribution < -0.4 is 5.32 Å². The first-order valence-electron chi connectivity index (χ1n) is 7.26. The van der Waals surface area contributed by atoms with Gasteiger partial charge in [-0.3, -0.25) is 4.79 Å². The molecule has 0 atom stereocenters. The van der Waals surface area contributed by atoms with Crippen LogP contribution in [0.4, 0.5) is 0 Å². The summed E-state index contributed by atoms with van der Waals surface area (Å²) in [6.07, 6.45) is 2.26. The van der Waals surface area contributed by atoms with Gasteiger partial charge in [-0.25, -0.2) is 0 Å². The van der Waals surface area contributed by atoms with Gasteiger partial charge in [0.15, 0.2) is 5.82 Å². The topological polar surface area (TPSA) is 72.2 Å². The molecule has 0 bridgehead atoms. The Kier molecular flexibility index (Phi) is 3.15. The molecule has 3 aromatic rings. The van der Waals surface area contributed by atoms with Gasteiger partial charge in [-0.1, -0.05) is 41.2 Å². The quantitative estimate of drug-likeness (QED) is 0.802. The molecule has 1 amide bonds. The predicted molar refractivity (Wildman–Crippen MR) is 83.0 cm³/mol. The number of rotatable bonds is 4. The Balaban J connectivity index is 1.50. The number of aromatic nitrogens is 4. The highest BCUT2D eigenvalue weighted by Gasteiger charge is 2.30. The molecule has 0 radical (unpaired) electrons. The van der Waals surface area contributed by atoms with E-state index in [0.29, 0.717) is 22.4 Å². The highest BCUT2D eigenvalue weighted by molar-refractivity contribution is 7.18. The minimum absolute atomic E-state index is 0.168. The molecule has 0 saturated heterocycles. The van der Waals surface area contributed by atoms with E-state index in [-0.39, 0.29) is 5.91 Å². The monoisotopic (exact) mass is 313 g/mol. The fraction of sp³-hybridized carbons (Fsp3) is 0.333. The van der Waals surface area contributed by atoms with E-state index in [0.717, 1.165) is 24.2 Å². The Morgan fingerprint density at radius 2 is 2.27 bits per heavy atom. The Hall–Kier alpha value is -2.28. The maximum atomic E-state index is 12.2. The van der Waals surface area contributed by atoms with E-state index >= 15 is 0 Å². The number of carbonyl (C=O) groups is 1. The standard InChI is InChI=1S/C15H15N5OS/c1-9-3-2-4-10(7-9)8-16-13(21)14-19-20-12(11-5-6-11)17-18-15(20)22-14/h2-4,7,11H,5-6,8H2,1H3,(H,16,21). The molecule has 2 aromatic heterocycles. The number of fused-ring (bicyclic) bond motifs is 1. The molecule has 1 aliphatic carbocycles. The Bertz CT molecular complexity index is 849. The fourth-order valence-electron chi connectivity index (χ4n) is 2.40. The van der Waals surface area contributed by atoms with Gasteiger partial charge < -0.3 is 5.32 Å². The fourth-order valence-corrected chi connectivity index (χ4v) is 3.16. The van der Waals surface area contributed by atoms with Gasteiger partial charge in [0.1, 0.15) is 0 Å². The SMILES string of the molecule is Cc1cccc(CNC(=O)c2nn3c(C4CC4)nnc3s2)c1. The first-order valence-corrected chi connectivity index (χ1v) is 8.08. The number of benzene rings is 1. The van der Waals surface area contributed by atoms with Gasteiger partial charge in [-0.15, -0.1) is 15.3 Å². The molecule has 1 aromatic carbocycles. The van der Waals surface area contributed by atoms with Crippen LogP contribution in [-0.4, -0.2) is 25.7 Å². The average molecular weight is 313 g/mol. The van der Waals surface area contributed by atoms with Gasteiger partial charge in [0.05, 0.1) is 0 Å². The Labute approximate surface area is 131 Å². The zero-order valence-electron chi connectivity index (χ0n) is 12.1. The lowest BCUT2D eigenvalue weighted by Crippen LogP contribution is -2.22. The second kappa shape index (κ2) is 5.17. The summed E-state index contributed by atoms with van der Waals surface area (Å²) in [5.74, 6) is 1.17. The van der Waals surface area contributed by atoms with E-state index in [1.54, 1.807) is 4.52 Å². The van der Waals surface area contributed by atoms with Crippen LogP contribution in [-0.2, 0) is 6.54 Å². The highest BCUT2D eigenvalue weighted by Crippen LogP contribution is 2.39. The van der Waals surface area contributed by atoms with Gasteiger partial charge in [0.2, 0.25) is 9.97 Å². The number of nitrogens with zero attached hydrogens (tertiary/aromatic N) is 4. The van der Waals surface area contributed by atoms with Gasteiger partial charge in [-0.05, 0) is 25.3 Å². The molecule has 1 aliphatic rings. The highest BCUT2D eigenvalue weighted by atomic mass is 32.1. The molecule has 0 spiro atoms. The molecule has 0 aliphatic heterocycles. The van der Waals surface area contributed by atoms with Crippen molar-refractivity contribution in [1.29, 1.82) is 0 Å². The van der Waals surface area contributed by atoms with Crippen molar-refractivity contribution in [2.75, 3.05) is 0 Å². The first-order chi connectivity index (χ1) is 10.7. The van der Waals surface area contributed by atoms with Crippen LogP contribution in [0.15, 0.2) is 24.3 Å². The largest absolute Gasteiger partial charge is 0.346 e. The molecule has 1 N–H and O–H groups in total. The molecule has 1 saturated carbocycles. The number of hydrogen-bond donors (Lipinski definition) is 1. The minimum atomic E-state index is -0.168. The lowest BCUT2D eigenvalue weighted by atomic mass is 10.1. The molecule has 22 heavy (non-hydrogen) atoms. The summed E-state index contributed by atoms with van der Waals surface area (Å²) in [4.78, 5) is 12.9. The Morgan fingerprint density at radius 3 is 3.05 bits per heavy atom. The second-order valence-electron chi connectivity index (χ2n) is 5.61. The van der Waals surface area contributed by atoms with Crippen LogP contribution in [0.1, 0.15) is 45.5 Å². The van der Waals surface area contributed by atoms with Crippen molar-refractivity contribution < 1.29 is 4.79 Å². The van der Waals surface area contributed by atoms with Crippen LogP contribution in [0.25, 0.3) is 4.96 Å². The molecule has 4 rings (SSSR count). The molecule has 6 nitrogen and oxygen atoms in total. The van der Waals surface area contributed by atoms with Crippen LogP contribution in [0, 0.1) is 6.92 Å². The zero-order valence-corrected chi connectivity index (χ0v) is 12.9. The van der Waals surface area contributed by atoms with Crippen LogP contribution in [0.5, 0.6) is 0 Å². The smallest absolute Gasteiger partial charge is 0.282 e.